The summed E-state index contributed by atoms with van der Waals surface area (Å²) in [6.07, 6.45) is 0.807. The Morgan fingerprint density at radius 3 is 2.92 bits per heavy atom. The number of nitrogens with zero attached hydrogens (tertiary/aromatic N) is 2. The average molecular weight is 183 g/mol. The molecule has 72 valence electrons. The highest BCUT2D eigenvalue weighted by molar-refractivity contribution is 5.85. The molecule has 1 aromatic heterocycles. The summed E-state index contributed by atoms with van der Waals surface area (Å²) < 4.78 is 1.66. The van der Waals surface area contributed by atoms with E-state index in [-0.39, 0.29) is 5.69 Å². The van der Waals surface area contributed by atoms with Crippen molar-refractivity contribution in [2.75, 3.05) is 6.54 Å². The van der Waals surface area contributed by atoms with Gasteiger partial charge >= 0.3 is 5.97 Å². The lowest BCUT2D eigenvalue weighted by Gasteiger charge is -2.00. The van der Waals surface area contributed by atoms with Gasteiger partial charge in [-0.3, -0.25) is 4.68 Å². The van der Waals surface area contributed by atoms with Gasteiger partial charge in [0, 0.05) is 12.2 Å². The Morgan fingerprint density at radius 2 is 2.46 bits per heavy atom. The van der Waals surface area contributed by atoms with E-state index in [1.54, 1.807) is 10.7 Å². The van der Waals surface area contributed by atoms with Gasteiger partial charge < -0.3 is 10.8 Å². The monoisotopic (exact) mass is 183 g/mol. The van der Waals surface area contributed by atoms with Gasteiger partial charge in [0.15, 0.2) is 5.69 Å². The molecular formula is C8H13N3O2. The van der Waals surface area contributed by atoms with Crippen LogP contribution in [0.1, 0.15) is 22.6 Å². The highest BCUT2D eigenvalue weighted by Crippen LogP contribution is 2.03. The summed E-state index contributed by atoms with van der Waals surface area (Å²) in [7, 11) is 0. The van der Waals surface area contributed by atoms with Crippen molar-refractivity contribution >= 4 is 5.97 Å². The fraction of sp³-hybridized carbons (Fsp3) is 0.500. The van der Waals surface area contributed by atoms with Crippen molar-refractivity contribution in [1.29, 1.82) is 0 Å². The van der Waals surface area contributed by atoms with E-state index >= 15 is 0 Å². The normalized spacial score (nSPS) is 10.3. The minimum atomic E-state index is -0.991. The Labute approximate surface area is 76.2 Å². The SMILES string of the molecule is Cc1cc(C(=O)O)nn1CCCN. The molecule has 0 saturated heterocycles. The Kier molecular flexibility index (Phi) is 3.02. The summed E-state index contributed by atoms with van der Waals surface area (Å²) in [6.45, 7) is 3.09. The van der Waals surface area contributed by atoms with Crippen molar-refractivity contribution in [3.8, 4) is 0 Å². The van der Waals surface area contributed by atoms with Crippen LogP contribution in [0, 0.1) is 6.92 Å². The van der Waals surface area contributed by atoms with Crippen LogP contribution in [-0.2, 0) is 6.54 Å². The average Bonchev–Trinajstić information content (AvgIpc) is 2.44. The third-order valence-corrected chi connectivity index (χ3v) is 1.77. The summed E-state index contributed by atoms with van der Waals surface area (Å²) in [4.78, 5) is 10.5. The predicted octanol–water partition coefficient (Wildman–Crippen LogP) is 0.239. The van der Waals surface area contributed by atoms with Gasteiger partial charge in [-0.2, -0.15) is 5.10 Å². The highest BCUT2D eigenvalue weighted by atomic mass is 16.4. The molecule has 13 heavy (non-hydrogen) atoms. The van der Waals surface area contributed by atoms with Crippen LogP contribution >= 0.6 is 0 Å². The van der Waals surface area contributed by atoms with Crippen LogP contribution in [-0.4, -0.2) is 27.4 Å². The maximum Gasteiger partial charge on any atom is 0.356 e. The van der Waals surface area contributed by atoms with Crippen LogP contribution in [0.4, 0.5) is 0 Å². The first-order chi connectivity index (χ1) is 6.15. The maximum absolute atomic E-state index is 10.5. The molecule has 0 radical (unpaired) electrons. The number of aromatic nitrogens is 2. The zero-order valence-corrected chi connectivity index (χ0v) is 7.53. The number of carboxylic acids is 1. The second kappa shape index (κ2) is 4.04. The second-order valence-electron chi connectivity index (χ2n) is 2.84. The number of carboxylic acid groups (broad SMARTS) is 1. The summed E-state index contributed by atoms with van der Waals surface area (Å²) in [5, 5.41) is 12.6. The van der Waals surface area contributed by atoms with Gasteiger partial charge in [0.2, 0.25) is 0 Å². The van der Waals surface area contributed by atoms with Crippen molar-refractivity contribution in [2.24, 2.45) is 5.73 Å². The first kappa shape index (κ1) is 9.73. The van der Waals surface area contributed by atoms with Gasteiger partial charge in [-0.1, -0.05) is 0 Å². The minimum absolute atomic E-state index is 0.0921. The van der Waals surface area contributed by atoms with E-state index in [0.717, 1.165) is 12.1 Å². The maximum atomic E-state index is 10.5. The van der Waals surface area contributed by atoms with Crippen molar-refractivity contribution < 1.29 is 9.90 Å². The van der Waals surface area contributed by atoms with Crippen LogP contribution < -0.4 is 5.73 Å². The second-order valence-corrected chi connectivity index (χ2v) is 2.84. The molecule has 0 aliphatic carbocycles. The quantitative estimate of drug-likeness (QED) is 0.700. The van der Waals surface area contributed by atoms with Gasteiger partial charge in [0.25, 0.3) is 0 Å². The molecule has 5 nitrogen and oxygen atoms in total. The molecule has 0 aliphatic rings. The molecule has 0 unspecified atom stereocenters. The molecule has 1 heterocycles. The van der Waals surface area contributed by atoms with E-state index < -0.39 is 5.97 Å². The Balaban J connectivity index is 2.77. The molecule has 0 amide bonds. The van der Waals surface area contributed by atoms with Crippen LogP contribution in [0.25, 0.3) is 0 Å². The van der Waals surface area contributed by atoms with Crippen LogP contribution in [0.2, 0.25) is 0 Å². The summed E-state index contributed by atoms with van der Waals surface area (Å²) in [5.74, 6) is -0.991. The van der Waals surface area contributed by atoms with Crippen molar-refractivity contribution in [1.82, 2.24) is 9.78 Å². The van der Waals surface area contributed by atoms with Gasteiger partial charge in [-0.05, 0) is 26.0 Å². The standard InChI is InChI=1S/C8H13N3O2/c1-6-5-7(8(12)13)10-11(6)4-2-3-9/h5H,2-4,9H2,1H3,(H,12,13). The third kappa shape index (κ3) is 2.29. The van der Waals surface area contributed by atoms with Crippen molar-refractivity contribution in [3.05, 3.63) is 17.5 Å². The van der Waals surface area contributed by atoms with E-state index in [1.807, 2.05) is 6.92 Å². The first-order valence-corrected chi connectivity index (χ1v) is 4.13. The molecular weight excluding hydrogens is 170 g/mol. The summed E-state index contributed by atoms with van der Waals surface area (Å²) in [5.41, 5.74) is 6.28. The Morgan fingerprint density at radius 1 is 1.77 bits per heavy atom. The molecule has 0 spiro atoms. The van der Waals surface area contributed by atoms with Gasteiger partial charge in [-0.15, -0.1) is 0 Å². The van der Waals surface area contributed by atoms with E-state index in [4.69, 9.17) is 10.8 Å². The number of aromatic carboxylic acids is 1. The van der Waals surface area contributed by atoms with Crippen molar-refractivity contribution in [2.45, 2.75) is 19.9 Å². The largest absolute Gasteiger partial charge is 0.476 e. The van der Waals surface area contributed by atoms with Gasteiger partial charge in [0.1, 0.15) is 0 Å². The van der Waals surface area contributed by atoms with Gasteiger partial charge in [-0.25, -0.2) is 4.79 Å². The van der Waals surface area contributed by atoms with Crippen LogP contribution in [0.3, 0.4) is 0 Å². The zero-order valence-electron chi connectivity index (χ0n) is 7.53. The number of hydrogen-bond acceptors (Lipinski definition) is 3. The number of nitrogens with two attached hydrogens (primary N) is 1. The number of hydrogen-bond donors (Lipinski definition) is 2. The molecule has 0 saturated carbocycles. The summed E-state index contributed by atoms with van der Waals surface area (Å²) >= 11 is 0. The molecule has 0 bridgehead atoms. The fourth-order valence-corrected chi connectivity index (χ4v) is 1.08. The van der Waals surface area contributed by atoms with E-state index in [9.17, 15) is 4.79 Å². The number of carbonyl (C=O) groups is 1. The third-order valence-electron chi connectivity index (χ3n) is 1.77. The van der Waals surface area contributed by atoms with Crippen LogP contribution in [0.5, 0.6) is 0 Å². The lowest BCUT2D eigenvalue weighted by atomic mass is 10.3. The predicted molar refractivity (Wildman–Crippen MR) is 47.6 cm³/mol. The Bertz CT molecular complexity index is 306. The lowest BCUT2D eigenvalue weighted by molar-refractivity contribution is 0.0689. The first-order valence-electron chi connectivity index (χ1n) is 4.13. The molecule has 0 aliphatic heterocycles. The minimum Gasteiger partial charge on any atom is -0.476 e. The Hall–Kier alpha value is -1.36. The lowest BCUT2D eigenvalue weighted by Crippen LogP contribution is -2.09. The zero-order chi connectivity index (χ0) is 9.84. The number of aryl methyl sites for hydroxylation is 2. The smallest absolute Gasteiger partial charge is 0.356 e. The van der Waals surface area contributed by atoms with E-state index in [2.05, 4.69) is 5.10 Å². The van der Waals surface area contributed by atoms with Gasteiger partial charge in [0.05, 0.1) is 0 Å². The van der Waals surface area contributed by atoms with Crippen LogP contribution in [0.15, 0.2) is 6.07 Å². The molecule has 3 N–H and O–H groups in total. The molecule has 0 aromatic carbocycles. The fourth-order valence-electron chi connectivity index (χ4n) is 1.08. The number of rotatable bonds is 4. The molecule has 0 fully saturated rings. The summed E-state index contributed by atoms with van der Waals surface area (Å²) in [6, 6.07) is 1.55. The van der Waals surface area contributed by atoms with E-state index in [1.165, 1.54) is 0 Å². The van der Waals surface area contributed by atoms with Crippen molar-refractivity contribution in [3.63, 3.8) is 0 Å². The molecule has 1 rings (SSSR count). The molecule has 0 atom stereocenters. The molecule has 5 heteroatoms. The topological polar surface area (TPSA) is 81.1 Å². The van der Waals surface area contributed by atoms with E-state index in [0.29, 0.717) is 13.1 Å². The molecule has 1 aromatic rings. The highest BCUT2D eigenvalue weighted by Gasteiger charge is 2.09.